The Morgan fingerprint density at radius 2 is 1.83 bits per heavy atom. The summed E-state index contributed by atoms with van der Waals surface area (Å²) in [5.74, 6) is -0.173. The molecule has 0 atom stereocenters. The maximum atomic E-state index is 12.7. The second kappa shape index (κ2) is 8.86. The molecule has 1 aliphatic heterocycles. The third-order valence-corrected chi connectivity index (χ3v) is 3.90. The van der Waals surface area contributed by atoms with Crippen LogP contribution in [0.3, 0.4) is 0 Å². The van der Waals surface area contributed by atoms with Crippen LogP contribution in [0.4, 0.5) is 11.4 Å². The lowest BCUT2D eigenvalue weighted by molar-refractivity contribution is -0.130. The van der Waals surface area contributed by atoms with Crippen LogP contribution in [0, 0.1) is 5.41 Å². The van der Waals surface area contributed by atoms with Crippen molar-refractivity contribution in [3.05, 3.63) is 24.3 Å². The zero-order valence-electron chi connectivity index (χ0n) is 13.5. The molecule has 1 fully saturated rings. The number of ether oxygens (including phenoxy) is 1. The van der Waals surface area contributed by atoms with Crippen molar-refractivity contribution >= 4 is 35.6 Å². The van der Waals surface area contributed by atoms with Crippen molar-refractivity contribution in [2.45, 2.75) is 19.8 Å². The van der Waals surface area contributed by atoms with Crippen LogP contribution in [-0.2, 0) is 14.3 Å². The number of carbonyl (C=O) groups is 2. The number of hydrogen-bond donors (Lipinski definition) is 3. The van der Waals surface area contributed by atoms with Crippen LogP contribution in [-0.4, -0.2) is 38.6 Å². The van der Waals surface area contributed by atoms with Crippen LogP contribution in [0.15, 0.2) is 24.3 Å². The molecule has 2 amide bonds. The van der Waals surface area contributed by atoms with Crippen LogP contribution in [0.5, 0.6) is 0 Å². The summed E-state index contributed by atoms with van der Waals surface area (Å²) in [6.45, 7) is 3.48. The average Bonchev–Trinajstić information content (AvgIpc) is 2.48. The van der Waals surface area contributed by atoms with Crippen LogP contribution in [0.1, 0.15) is 19.8 Å². The zero-order valence-corrected chi connectivity index (χ0v) is 14.3. The van der Waals surface area contributed by atoms with Crippen molar-refractivity contribution in [1.29, 1.82) is 0 Å². The SMILES string of the molecule is COCC1(C(=O)Nc2cccc(NC(C)=O)c2)CCNCC1.Cl. The lowest BCUT2D eigenvalue weighted by Crippen LogP contribution is -2.47. The molecule has 0 saturated carbocycles. The molecule has 0 aliphatic carbocycles. The van der Waals surface area contributed by atoms with E-state index in [1.54, 1.807) is 25.3 Å². The molecule has 0 aromatic heterocycles. The van der Waals surface area contributed by atoms with Gasteiger partial charge in [0.2, 0.25) is 11.8 Å². The number of amides is 2. The minimum Gasteiger partial charge on any atom is -0.384 e. The minimum atomic E-state index is -0.496. The van der Waals surface area contributed by atoms with Crippen molar-refractivity contribution < 1.29 is 14.3 Å². The molecular formula is C16H24ClN3O3. The molecule has 1 aromatic rings. The quantitative estimate of drug-likeness (QED) is 0.765. The van der Waals surface area contributed by atoms with Crippen LogP contribution in [0.25, 0.3) is 0 Å². The molecule has 1 heterocycles. The fraction of sp³-hybridized carbons (Fsp3) is 0.500. The number of benzene rings is 1. The molecule has 7 heteroatoms. The fourth-order valence-electron chi connectivity index (χ4n) is 2.76. The molecule has 128 valence electrons. The van der Waals surface area contributed by atoms with E-state index in [9.17, 15) is 9.59 Å². The van der Waals surface area contributed by atoms with Crippen molar-refractivity contribution in [2.24, 2.45) is 5.41 Å². The zero-order chi connectivity index (χ0) is 16.0. The third-order valence-electron chi connectivity index (χ3n) is 3.90. The highest BCUT2D eigenvalue weighted by Crippen LogP contribution is 2.31. The molecular weight excluding hydrogens is 318 g/mol. The lowest BCUT2D eigenvalue weighted by atomic mass is 9.78. The van der Waals surface area contributed by atoms with Crippen LogP contribution in [0.2, 0.25) is 0 Å². The number of piperidine rings is 1. The second-order valence-electron chi connectivity index (χ2n) is 5.68. The van der Waals surface area contributed by atoms with E-state index in [2.05, 4.69) is 16.0 Å². The van der Waals surface area contributed by atoms with E-state index in [1.807, 2.05) is 6.07 Å². The Bertz CT molecular complexity index is 540. The maximum Gasteiger partial charge on any atom is 0.233 e. The monoisotopic (exact) mass is 341 g/mol. The van der Waals surface area contributed by atoms with Crippen molar-refractivity contribution in [1.82, 2.24) is 5.32 Å². The van der Waals surface area contributed by atoms with Gasteiger partial charge in [-0.15, -0.1) is 12.4 Å². The predicted molar refractivity (Wildman–Crippen MR) is 93.0 cm³/mol. The van der Waals surface area contributed by atoms with Crippen LogP contribution < -0.4 is 16.0 Å². The highest BCUT2D eigenvalue weighted by molar-refractivity contribution is 5.96. The van der Waals surface area contributed by atoms with Gasteiger partial charge in [-0.3, -0.25) is 9.59 Å². The molecule has 2 rings (SSSR count). The van der Waals surface area contributed by atoms with Crippen molar-refractivity contribution in [3.63, 3.8) is 0 Å². The van der Waals surface area contributed by atoms with Gasteiger partial charge < -0.3 is 20.7 Å². The van der Waals surface area contributed by atoms with E-state index in [-0.39, 0.29) is 24.2 Å². The van der Waals surface area contributed by atoms with Gasteiger partial charge in [-0.2, -0.15) is 0 Å². The van der Waals surface area contributed by atoms with Gasteiger partial charge >= 0.3 is 0 Å². The summed E-state index contributed by atoms with van der Waals surface area (Å²) in [5.41, 5.74) is 0.839. The van der Waals surface area contributed by atoms with Gasteiger partial charge in [0.15, 0.2) is 0 Å². The highest BCUT2D eigenvalue weighted by atomic mass is 35.5. The summed E-state index contributed by atoms with van der Waals surface area (Å²) in [6, 6.07) is 7.14. The van der Waals surface area contributed by atoms with E-state index in [0.29, 0.717) is 18.0 Å². The number of nitrogens with one attached hydrogen (secondary N) is 3. The van der Waals surface area contributed by atoms with Crippen LogP contribution >= 0.6 is 12.4 Å². The minimum absolute atomic E-state index is 0. The average molecular weight is 342 g/mol. The Balaban J connectivity index is 0.00000264. The predicted octanol–water partition coefficient (Wildman–Crippen LogP) is 2.02. The lowest BCUT2D eigenvalue weighted by Gasteiger charge is -2.35. The Morgan fingerprint density at radius 1 is 1.22 bits per heavy atom. The van der Waals surface area contributed by atoms with E-state index in [1.165, 1.54) is 6.92 Å². The smallest absolute Gasteiger partial charge is 0.233 e. The number of carbonyl (C=O) groups excluding carboxylic acids is 2. The van der Waals surface area contributed by atoms with E-state index in [4.69, 9.17) is 4.74 Å². The Hall–Kier alpha value is -1.63. The van der Waals surface area contributed by atoms with E-state index in [0.717, 1.165) is 25.9 Å². The van der Waals surface area contributed by atoms with Gasteiger partial charge in [0.25, 0.3) is 0 Å². The Morgan fingerprint density at radius 3 is 2.39 bits per heavy atom. The summed E-state index contributed by atoms with van der Waals surface area (Å²) in [6.07, 6.45) is 1.50. The molecule has 0 unspecified atom stereocenters. The first-order chi connectivity index (χ1) is 10.6. The first-order valence-electron chi connectivity index (χ1n) is 7.44. The molecule has 0 spiro atoms. The number of halogens is 1. The van der Waals surface area contributed by atoms with Gasteiger partial charge in [0.05, 0.1) is 12.0 Å². The standard InChI is InChI=1S/C16H23N3O3.ClH/c1-12(20)18-13-4-3-5-14(10-13)19-15(21)16(11-22-2)6-8-17-9-7-16;/h3-5,10,17H,6-9,11H2,1-2H3,(H,18,20)(H,19,21);1H. The molecule has 0 radical (unpaired) electrons. The summed E-state index contributed by atoms with van der Waals surface area (Å²) in [4.78, 5) is 23.8. The normalized spacial score (nSPS) is 16.1. The van der Waals surface area contributed by atoms with Gasteiger partial charge in [-0.1, -0.05) is 6.07 Å². The van der Waals surface area contributed by atoms with Gasteiger partial charge in [0, 0.05) is 25.4 Å². The fourth-order valence-corrected chi connectivity index (χ4v) is 2.76. The van der Waals surface area contributed by atoms with Gasteiger partial charge in [-0.05, 0) is 44.1 Å². The largest absolute Gasteiger partial charge is 0.384 e. The molecule has 1 saturated heterocycles. The Kier molecular flexibility index (Phi) is 7.48. The van der Waals surface area contributed by atoms with Crippen molar-refractivity contribution in [2.75, 3.05) is 37.4 Å². The van der Waals surface area contributed by atoms with E-state index < -0.39 is 5.41 Å². The number of rotatable bonds is 5. The molecule has 23 heavy (non-hydrogen) atoms. The number of methoxy groups -OCH3 is 1. The molecule has 0 bridgehead atoms. The summed E-state index contributed by atoms with van der Waals surface area (Å²) in [5, 5.41) is 8.92. The molecule has 1 aliphatic rings. The molecule has 1 aromatic carbocycles. The topological polar surface area (TPSA) is 79.5 Å². The summed E-state index contributed by atoms with van der Waals surface area (Å²) < 4.78 is 5.27. The first-order valence-corrected chi connectivity index (χ1v) is 7.44. The van der Waals surface area contributed by atoms with Gasteiger partial charge in [0.1, 0.15) is 0 Å². The highest BCUT2D eigenvalue weighted by Gasteiger charge is 2.39. The maximum absolute atomic E-state index is 12.7. The molecule has 3 N–H and O–H groups in total. The third kappa shape index (κ3) is 5.20. The van der Waals surface area contributed by atoms with Gasteiger partial charge in [-0.25, -0.2) is 0 Å². The Labute approximate surface area is 142 Å². The van der Waals surface area contributed by atoms with E-state index >= 15 is 0 Å². The number of anilines is 2. The summed E-state index contributed by atoms with van der Waals surface area (Å²) in [7, 11) is 1.62. The summed E-state index contributed by atoms with van der Waals surface area (Å²) >= 11 is 0. The first kappa shape index (κ1) is 19.4. The second-order valence-corrected chi connectivity index (χ2v) is 5.68. The number of hydrogen-bond acceptors (Lipinski definition) is 4. The molecule has 6 nitrogen and oxygen atoms in total. The van der Waals surface area contributed by atoms with Crippen molar-refractivity contribution in [3.8, 4) is 0 Å².